The molecule has 1 aliphatic heterocycles. The highest BCUT2D eigenvalue weighted by Crippen LogP contribution is 2.40. The maximum absolute atomic E-state index is 6.38. The first-order chi connectivity index (χ1) is 9.35. The van der Waals surface area contributed by atoms with E-state index in [-0.39, 0.29) is 5.60 Å². The van der Waals surface area contributed by atoms with Crippen LogP contribution in [-0.4, -0.2) is 5.60 Å². The molecule has 1 saturated carbocycles. The van der Waals surface area contributed by atoms with Crippen molar-refractivity contribution in [1.29, 1.82) is 0 Å². The number of hydrogen-bond donors (Lipinski definition) is 0. The van der Waals surface area contributed by atoms with Gasteiger partial charge in [0.25, 0.3) is 0 Å². The second-order valence-corrected chi connectivity index (χ2v) is 5.80. The van der Waals surface area contributed by atoms with E-state index in [9.17, 15) is 0 Å². The quantitative estimate of drug-likeness (QED) is 0.643. The predicted molar refractivity (Wildman–Crippen MR) is 79.4 cm³/mol. The second-order valence-electron chi connectivity index (χ2n) is 5.80. The Morgan fingerprint density at radius 3 is 2.42 bits per heavy atom. The highest BCUT2D eigenvalue weighted by atomic mass is 16.5. The van der Waals surface area contributed by atoms with E-state index >= 15 is 0 Å². The minimum atomic E-state index is -0.0201. The molecule has 1 aliphatic carbocycles. The molecular weight excluding hydrogens is 232 g/mol. The van der Waals surface area contributed by atoms with E-state index in [2.05, 4.69) is 48.6 Å². The van der Waals surface area contributed by atoms with Crippen molar-refractivity contribution < 1.29 is 4.74 Å². The minimum Gasteiger partial charge on any atom is -0.483 e. The molecule has 2 aliphatic rings. The van der Waals surface area contributed by atoms with Gasteiger partial charge in [-0.25, -0.2) is 0 Å². The Hall–Kier alpha value is -1.76. The lowest BCUT2D eigenvalue weighted by atomic mass is 9.82. The molecule has 0 aromatic heterocycles. The zero-order valence-electron chi connectivity index (χ0n) is 11.1. The number of hydrogen-bond acceptors (Lipinski definition) is 1. The molecule has 2 aromatic rings. The first kappa shape index (κ1) is 11.1. The summed E-state index contributed by atoms with van der Waals surface area (Å²) in [6.07, 6.45) is 10.8. The maximum Gasteiger partial charge on any atom is 0.128 e. The molecule has 1 fully saturated rings. The van der Waals surface area contributed by atoms with E-state index in [0.717, 1.165) is 18.6 Å². The van der Waals surface area contributed by atoms with Crippen molar-refractivity contribution >= 4 is 16.8 Å². The molecule has 0 saturated heterocycles. The topological polar surface area (TPSA) is 9.23 Å². The molecule has 0 unspecified atom stereocenters. The van der Waals surface area contributed by atoms with Crippen molar-refractivity contribution in [2.45, 2.75) is 37.7 Å². The third-order valence-corrected chi connectivity index (χ3v) is 4.46. The molecular formula is C18H18O. The van der Waals surface area contributed by atoms with Crippen LogP contribution < -0.4 is 4.74 Å². The Bertz CT molecular complexity index is 648. The van der Waals surface area contributed by atoms with Crippen LogP contribution in [0.5, 0.6) is 5.75 Å². The van der Waals surface area contributed by atoms with Gasteiger partial charge in [-0.1, -0.05) is 36.8 Å². The number of benzene rings is 2. The van der Waals surface area contributed by atoms with Crippen LogP contribution in [0, 0.1) is 0 Å². The summed E-state index contributed by atoms with van der Waals surface area (Å²) in [5, 5.41) is 2.55. The van der Waals surface area contributed by atoms with Crippen LogP contribution in [0.15, 0.2) is 42.5 Å². The first-order valence-corrected chi connectivity index (χ1v) is 7.26. The Balaban J connectivity index is 1.80. The number of rotatable bonds is 0. The molecule has 0 radical (unpaired) electrons. The van der Waals surface area contributed by atoms with Gasteiger partial charge in [-0.2, -0.15) is 0 Å². The van der Waals surface area contributed by atoms with Gasteiger partial charge in [-0.05, 0) is 54.7 Å². The summed E-state index contributed by atoms with van der Waals surface area (Å²) in [6.45, 7) is 0. The monoisotopic (exact) mass is 250 g/mol. The Morgan fingerprint density at radius 2 is 1.63 bits per heavy atom. The fourth-order valence-electron chi connectivity index (χ4n) is 3.37. The third kappa shape index (κ3) is 1.85. The molecule has 1 heterocycles. The van der Waals surface area contributed by atoms with Gasteiger partial charge in [0.05, 0.1) is 0 Å². The highest BCUT2D eigenvalue weighted by Gasteiger charge is 2.34. The largest absolute Gasteiger partial charge is 0.483 e. The fraction of sp³-hybridized carbons (Fsp3) is 0.333. The number of ether oxygens (including phenoxy) is 1. The average Bonchev–Trinajstić information content (AvgIpc) is 2.46. The lowest BCUT2D eigenvalue weighted by molar-refractivity contribution is 0.0754. The van der Waals surface area contributed by atoms with Crippen LogP contribution in [0.2, 0.25) is 0 Å². The molecule has 2 aromatic carbocycles. The normalized spacial score (nSPS) is 20.2. The summed E-state index contributed by atoms with van der Waals surface area (Å²) < 4.78 is 6.38. The zero-order valence-corrected chi connectivity index (χ0v) is 11.1. The Kier molecular flexibility index (Phi) is 2.41. The maximum atomic E-state index is 6.38. The number of fused-ring (bicyclic) bond motifs is 2. The smallest absolute Gasteiger partial charge is 0.128 e. The highest BCUT2D eigenvalue weighted by molar-refractivity contribution is 5.87. The molecule has 1 heteroatoms. The molecule has 1 nitrogen and oxygen atoms in total. The van der Waals surface area contributed by atoms with Crippen molar-refractivity contribution in [3.63, 3.8) is 0 Å². The van der Waals surface area contributed by atoms with Gasteiger partial charge >= 0.3 is 0 Å². The molecule has 0 bridgehead atoms. The van der Waals surface area contributed by atoms with E-state index in [1.54, 1.807) is 0 Å². The van der Waals surface area contributed by atoms with E-state index in [1.807, 2.05) is 0 Å². The van der Waals surface area contributed by atoms with Crippen molar-refractivity contribution in [2.75, 3.05) is 0 Å². The Labute approximate surface area is 113 Å². The zero-order chi connectivity index (χ0) is 12.7. The van der Waals surface area contributed by atoms with Crippen LogP contribution in [0.4, 0.5) is 0 Å². The SMILES string of the molecule is C1=CC2(CCCCC2)Oc2cc3ccccc3cc21. The summed E-state index contributed by atoms with van der Waals surface area (Å²) in [5.41, 5.74) is 1.20. The van der Waals surface area contributed by atoms with Crippen LogP contribution in [0.1, 0.15) is 37.7 Å². The van der Waals surface area contributed by atoms with Gasteiger partial charge in [0, 0.05) is 5.56 Å². The second kappa shape index (κ2) is 4.12. The van der Waals surface area contributed by atoms with Crippen molar-refractivity contribution in [3.05, 3.63) is 48.0 Å². The van der Waals surface area contributed by atoms with Crippen LogP contribution in [-0.2, 0) is 0 Å². The average molecular weight is 250 g/mol. The molecule has 4 rings (SSSR count). The van der Waals surface area contributed by atoms with Gasteiger partial charge in [0.15, 0.2) is 0 Å². The fourth-order valence-corrected chi connectivity index (χ4v) is 3.37. The molecule has 0 N–H and O–H groups in total. The van der Waals surface area contributed by atoms with Crippen LogP contribution >= 0.6 is 0 Å². The molecule has 0 atom stereocenters. The van der Waals surface area contributed by atoms with Gasteiger partial charge in [0.1, 0.15) is 11.4 Å². The summed E-state index contributed by atoms with van der Waals surface area (Å²) in [5.74, 6) is 1.06. The molecule has 1 spiro atoms. The van der Waals surface area contributed by atoms with Gasteiger partial charge in [-0.15, -0.1) is 0 Å². The minimum absolute atomic E-state index is 0.0201. The Morgan fingerprint density at radius 1 is 0.895 bits per heavy atom. The van der Waals surface area contributed by atoms with Crippen molar-refractivity contribution in [1.82, 2.24) is 0 Å². The third-order valence-electron chi connectivity index (χ3n) is 4.46. The lowest BCUT2D eigenvalue weighted by Crippen LogP contribution is -2.37. The first-order valence-electron chi connectivity index (χ1n) is 7.26. The molecule has 19 heavy (non-hydrogen) atoms. The van der Waals surface area contributed by atoms with E-state index in [1.165, 1.54) is 35.6 Å². The van der Waals surface area contributed by atoms with E-state index in [0.29, 0.717) is 0 Å². The van der Waals surface area contributed by atoms with E-state index < -0.39 is 0 Å². The van der Waals surface area contributed by atoms with Gasteiger partial charge in [-0.3, -0.25) is 0 Å². The van der Waals surface area contributed by atoms with Gasteiger partial charge in [0.2, 0.25) is 0 Å². The molecule has 0 amide bonds. The van der Waals surface area contributed by atoms with Gasteiger partial charge < -0.3 is 4.74 Å². The summed E-state index contributed by atoms with van der Waals surface area (Å²) >= 11 is 0. The predicted octanol–water partition coefficient (Wildman–Crippen LogP) is 4.95. The van der Waals surface area contributed by atoms with Crippen molar-refractivity contribution in [2.24, 2.45) is 0 Å². The lowest BCUT2D eigenvalue weighted by Gasteiger charge is -2.38. The summed E-state index contributed by atoms with van der Waals surface area (Å²) in [6, 6.07) is 12.9. The molecule has 96 valence electrons. The van der Waals surface area contributed by atoms with Crippen LogP contribution in [0.25, 0.3) is 16.8 Å². The summed E-state index contributed by atoms with van der Waals surface area (Å²) in [7, 11) is 0. The van der Waals surface area contributed by atoms with E-state index in [4.69, 9.17) is 4.74 Å². The van der Waals surface area contributed by atoms with Crippen LogP contribution in [0.3, 0.4) is 0 Å². The standard InChI is InChI=1S/C18H18O/c1-4-9-18(10-5-1)11-8-16-12-14-6-2-3-7-15(14)13-17(16)19-18/h2-3,6-8,11-13H,1,4-5,9-10H2. The summed E-state index contributed by atoms with van der Waals surface area (Å²) in [4.78, 5) is 0. The van der Waals surface area contributed by atoms with Crippen molar-refractivity contribution in [3.8, 4) is 5.75 Å².